The van der Waals surface area contributed by atoms with E-state index in [1.807, 2.05) is 6.92 Å². The summed E-state index contributed by atoms with van der Waals surface area (Å²) in [6.45, 7) is 1.87. The van der Waals surface area contributed by atoms with Crippen LogP contribution in [0.25, 0.3) is 11.0 Å². The summed E-state index contributed by atoms with van der Waals surface area (Å²) >= 11 is 5.84. The van der Waals surface area contributed by atoms with Crippen molar-refractivity contribution < 1.29 is 5.21 Å². The summed E-state index contributed by atoms with van der Waals surface area (Å²) in [5, 5.41) is 16.9. The summed E-state index contributed by atoms with van der Waals surface area (Å²) in [4.78, 5) is 0.709. The van der Waals surface area contributed by atoms with E-state index < -0.39 is 0 Å². The Kier molecular flexibility index (Phi) is 1.44. The molecule has 1 heterocycles. The Morgan fingerprint density at radius 2 is 2.25 bits per heavy atom. The number of hydrogen-bond donors (Lipinski definition) is 1. The molecule has 0 saturated heterocycles. The van der Waals surface area contributed by atoms with Crippen molar-refractivity contribution >= 4 is 22.6 Å². The fourth-order valence-electron chi connectivity index (χ4n) is 1.03. The Morgan fingerprint density at radius 3 is 3.00 bits per heavy atom. The van der Waals surface area contributed by atoms with Crippen LogP contribution in [-0.2, 0) is 0 Å². The second-order valence-corrected chi connectivity index (χ2v) is 2.98. The maximum Gasteiger partial charge on any atom is 0.132 e. The van der Waals surface area contributed by atoms with Gasteiger partial charge in [0, 0.05) is 5.02 Å². The molecule has 0 fully saturated rings. The van der Waals surface area contributed by atoms with E-state index in [-0.39, 0.29) is 0 Å². The first-order chi connectivity index (χ1) is 5.68. The van der Waals surface area contributed by atoms with Crippen molar-refractivity contribution in [2.24, 2.45) is 0 Å². The number of benzene rings is 1. The molecule has 0 saturated carbocycles. The molecule has 0 aliphatic carbocycles. The van der Waals surface area contributed by atoms with E-state index in [4.69, 9.17) is 16.8 Å². The summed E-state index contributed by atoms with van der Waals surface area (Å²) in [5.41, 5.74) is 2.08. The molecule has 62 valence electrons. The van der Waals surface area contributed by atoms with Crippen LogP contribution in [0, 0.1) is 6.92 Å². The predicted molar refractivity (Wildman–Crippen MR) is 44.5 cm³/mol. The molecule has 2 rings (SSSR count). The first-order valence-electron chi connectivity index (χ1n) is 3.39. The zero-order valence-corrected chi connectivity index (χ0v) is 7.08. The summed E-state index contributed by atoms with van der Waals surface area (Å²) in [6.07, 6.45) is 0. The van der Waals surface area contributed by atoms with E-state index >= 15 is 0 Å². The van der Waals surface area contributed by atoms with Gasteiger partial charge in [-0.15, -0.1) is 5.10 Å². The molecule has 12 heavy (non-hydrogen) atoms. The molecule has 4 nitrogen and oxygen atoms in total. The Labute approximate surface area is 73.3 Å². The molecule has 1 N–H and O–H groups in total. The van der Waals surface area contributed by atoms with Crippen molar-refractivity contribution in [3.05, 3.63) is 22.7 Å². The van der Waals surface area contributed by atoms with Crippen LogP contribution >= 0.6 is 11.6 Å². The van der Waals surface area contributed by atoms with E-state index in [1.165, 1.54) is 0 Å². The highest BCUT2D eigenvalue weighted by molar-refractivity contribution is 6.32. The first-order valence-corrected chi connectivity index (χ1v) is 3.77. The van der Waals surface area contributed by atoms with Crippen LogP contribution in [0.5, 0.6) is 0 Å². The van der Waals surface area contributed by atoms with Gasteiger partial charge in [0.15, 0.2) is 0 Å². The summed E-state index contributed by atoms with van der Waals surface area (Å²) in [7, 11) is 0. The molecular weight excluding hydrogens is 178 g/mol. The molecular formula is C7H6ClN3O. The van der Waals surface area contributed by atoms with Gasteiger partial charge in [-0.1, -0.05) is 16.4 Å². The lowest BCUT2D eigenvalue weighted by molar-refractivity contribution is 0.155. The van der Waals surface area contributed by atoms with Gasteiger partial charge < -0.3 is 5.21 Å². The van der Waals surface area contributed by atoms with E-state index in [9.17, 15) is 0 Å². The van der Waals surface area contributed by atoms with Crippen LogP contribution in [0.3, 0.4) is 0 Å². The van der Waals surface area contributed by atoms with Crippen molar-refractivity contribution in [3.8, 4) is 0 Å². The molecule has 1 aromatic carbocycles. The van der Waals surface area contributed by atoms with Crippen LogP contribution in [0.1, 0.15) is 5.56 Å². The Morgan fingerprint density at radius 1 is 1.50 bits per heavy atom. The number of nitrogens with zero attached hydrogens (tertiary/aromatic N) is 3. The fraction of sp³-hybridized carbons (Fsp3) is 0.143. The van der Waals surface area contributed by atoms with E-state index in [0.717, 1.165) is 5.56 Å². The quantitative estimate of drug-likeness (QED) is 0.632. The van der Waals surface area contributed by atoms with Crippen LogP contribution in [0.4, 0.5) is 0 Å². The number of rotatable bonds is 0. The highest BCUT2D eigenvalue weighted by atomic mass is 35.5. The second-order valence-electron chi connectivity index (χ2n) is 2.57. The lowest BCUT2D eigenvalue weighted by atomic mass is 10.2. The highest BCUT2D eigenvalue weighted by Crippen LogP contribution is 2.20. The Hall–Kier alpha value is -1.29. The first kappa shape index (κ1) is 7.36. The number of aryl methyl sites for hydroxylation is 1. The average molecular weight is 184 g/mol. The molecule has 0 radical (unpaired) electrons. The topological polar surface area (TPSA) is 50.9 Å². The van der Waals surface area contributed by atoms with Crippen LogP contribution in [0.15, 0.2) is 12.1 Å². The summed E-state index contributed by atoms with van der Waals surface area (Å²) in [5.74, 6) is 0. The van der Waals surface area contributed by atoms with Crippen molar-refractivity contribution in [1.82, 2.24) is 15.2 Å². The number of halogens is 1. The number of aromatic nitrogens is 3. The van der Waals surface area contributed by atoms with Gasteiger partial charge in [-0.2, -0.15) is 0 Å². The van der Waals surface area contributed by atoms with E-state index in [0.29, 0.717) is 20.9 Å². The molecule has 0 spiro atoms. The van der Waals surface area contributed by atoms with Crippen LogP contribution in [0.2, 0.25) is 5.02 Å². The summed E-state index contributed by atoms with van der Waals surface area (Å²) in [6, 6.07) is 3.41. The number of fused-ring (bicyclic) bond motifs is 1. The van der Waals surface area contributed by atoms with Gasteiger partial charge in [0.2, 0.25) is 0 Å². The van der Waals surface area contributed by atoms with Gasteiger partial charge in [-0.05, 0) is 29.8 Å². The predicted octanol–water partition coefficient (Wildman–Crippen LogP) is 1.63. The van der Waals surface area contributed by atoms with Gasteiger partial charge in [0.25, 0.3) is 0 Å². The lowest BCUT2D eigenvalue weighted by Gasteiger charge is -1.95. The molecule has 0 aliphatic heterocycles. The number of hydrogen-bond acceptors (Lipinski definition) is 3. The maximum atomic E-state index is 9.11. The molecule has 1 aromatic heterocycles. The van der Waals surface area contributed by atoms with Crippen LogP contribution < -0.4 is 0 Å². The molecule has 0 aliphatic rings. The van der Waals surface area contributed by atoms with Crippen LogP contribution in [-0.4, -0.2) is 20.4 Å². The maximum absolute atomic E-state index is 9.11. The Bertz CT molecular complexity index is 437. The molecule has 0 atom stereocenters. The summed E-state index contributed by atoms with van der Waals surface area (Å²) < 4.78 is 0. The van der Waals surface area contributed by atoms with Crippen molar-refractivity contribution in [1.29, 1.82) is 0 Å². The SMILES string of the molecule is Cc1cc2nnn(O)c2cc1Cl. The van der Waals surface area contributed by atoms with Crippen molar-refractivity contribution in [2.75, 3.05) is 0 Å². The van der Waals surface area contributed by atoms with Crippen molar-refractivity contribution in [2.45, 2.75) is 6.92 Å². The third kappa shape index (κ3) is 0.921. The molecule has 0 unspecified atom stereocenters. The fourth-order valence-corrected chi connectivity index (χ4v) is 1.19. The van der Waals surface area contributed by atoms with Gasteiger partial charge >= 0.3 is 0 Å². The lowest BCUT2D eigenvalue weighted by Crippen LogP contribution is -1.91. The second kappa shape index (κ2) is 2.35. The smallest absolute Gasteiger partial charge is 0.132 e. The zero-order chi connectivity index (χ0) is 8.72. The molecule has 2 aromatic rings. The van der Waals surface area contributed by atoms with Gasteiger partial charge in [-0.3, -0.25) is 0 Å². The largest absolute Gasteiger partial charge is 0.410 e. The van der Waals surface area contributed by atoms with Crippen molar-refractivity contribution in [3.63, 3.8) is 0 Å². The zero-order valence-electron chi connectivity index (χ0n) is 6.32. The minimum Gasteiger partial charge on any atom is -0.410 e. The van der Waals surface area contributed by atoms with Gasteiger partial charge in [0.05, 0.1) is 0 Å². The third-order valence-corrected chi connectivity index (χ3v) is 2.12. The van der Waals surface area contributed by atoms with Gasteiger partial charge in [0.1, 0.15) is 11.0 Å². The molecule has 0 bridgehead atoms. The standard InChI is InChI=1S/C7H6ClN3O/c1-4-2-6-7(3-5(4)8)11(12)10-9-6/h2-3,12H,1H3. The highest BCUT2D eigenvalue weighted by Gasteiger charge is 2.05. The third-order valence-electron chi connectivity index (χ3n) is 1.71. The van der Waals surface area contributed by atoms with Gasteiger partial charge in [-0.25, -0.2) is 0 Å². The van der Waals surface area contributed by atoms with E-state index in [1.54, 1.807) is 12.1 Å². The normalized spacial score (nSPS) is 10.8. The Balaban J connectivity index is 2.87. The monoisotopic (exact) mass is 183 g/mol. The average Bonchev–Trinajstić information content (AvgIpc) is 2.35. The minimum atomic E-state index is 0.519. The minimum absolute atomic E-state index is 0.519. The van der Waals surface area contributed by atoms with E-state index in [2.05, 4.69) is 10.3 Å². The molecule has 0 amide bonds. The molecule has 5 heteroatoms.